The second-order valence-electron chi connectivity index (χ2n) is 6.01. The lowest BCUT2D eigenvalue weighted by molar-refractivity contribution is -0.117. The van der Waals surface area contributed by atoms with Crippen molar-refractivity contribution in [2.45, 2.75) is 22.6 Å². The quantitative estimate of drug-likeness (QED) is 0.789. The molecule has 2 aliphatic heterocycles. The van der Waals surface area contributed by atoms with E-state index in [0.717, 1.165) is 32.3 Å². The minimum Gasteiger partial charge on any atom is -0.315 e. The van der Waals surface area contributed by atoms with Gasteiger partial charge in [-0.15, -0.1) is 0 Å². The normalized spacial score (nSPS) is 15.9. The number of anilines is 2. The smallest absolute Gasteiger partial charge is 0.231 e. The van der Waals surface area contributed by atoms with E-state index in [1.165, 1.54) is 0 Å². The molecule has 0 aromatic heterocycles. The minimum absolute atomic E-state index is 0.146. The van der Waals surface area contributed by atoms with E-state index in [4.69, 9.17) is 0 Å². The van der Waals surface area contributed by atoms with Gasteiger partial charge in [0.15, 0.2) is 0 Å². The fraction of sp³-hybridized carbons (Fsp3) is 0.222. The Balaban J connectivity index is 1.49. The number of rotatable bonds is 3. The Morgan fingerprint density at radius 1 is 0.750 bits per heavy atom. The van der Waals surface area contributed by atoms with Gasteiger partial charge in [-0.3, -0.25) is 9.59 Å². The summed E-state index contributed by atoms with van der Waals surface area (Å²) < 4.78 is 0. The van der Waals surface area contributed by atoms with Crippen LogP contribution in [0.3, 0.4) is 0 Å². The largest absolute Gasteiger partial charge is 0.315 e. The number of carbonyl (C=O) groups is 2. The molecule has 4 rings (SSSR count). The van der Waals surface area contributed by atoms with E-state index in [1.54, 1.807) is 31.4 Å². The molecule has 0 aliphatic carbocycles. The molecular weight excluding hydrogens is 340 g/mol. The number of carbonyl (C=O) groups excluding carboxylic acids is 2. The van der Waals surface area contributed by atoms with Crippen molar-refractivity contribution >= 4 is 44.8 Å². The van der Waals surface area contributed by atoms with Crippen LogP contribution < -0.4 is 9.80 Å². The molecule has 6 heteroatoms. The maximum absolute atomic E-state index is 11.8. The van der Waals surface area contributed by atoms with Crippen molar-refractivity contribution in [3.63, 3.8) is 0 Å². The summed E-state index contributed by atoms with van der Waals surface area (Å²) in [5.74, 6) is 0.291. The molecule has 0 fully saturated rings. The molecule has 24 heavy (non-hydrogen) atoms. The molecule has 0 unspecified atom stereocenters. The summed E-state index contributed by atoms with van der Waals surface area (Å²) in [4.78, 5) is 29.2. The predicted octanol–water partition coefficient (Wildman–Crippen LogP) is 3.52. The Morgan fingerprint density at radius 2 is 1.17 bits per heavy atom. The fourth-order valence-corrected chi connectivity index (χ4v) is 5.11. The van der Waals surface area contributed by atoms with Crippen molar-refractivity contribution < 1.29 is 9.59 Å². The van der Waals surface area contributed by atoms with Crippen molar-refractivity contribution in [1.82, 2.24) is 0 Å². The molecule has 2 aromatic carbocycles. The van der Waals surface area contributed by atoms with E-state index in [1.807, 2.05) is 26.2 Å². The summed E-state index contributed by atoms with van der Waals surface area (Å²) in [5, 5.41) is 0. The number of hydrogen-bond acceptors (Lipinski definition) is 4. The lowest BCUT2D eigenvalue weighted by Gasteiger charge is -2.11. The van der Waals surface area contributed by atoms with Crippen molar-refractivity contribution in [2.75, 3.05) is 23.9 Å². The maximum atomic E-state index is 11.8. The highest BCUT2D eigenvalue weighted by atomic mass is 33.1. The molecule has 0 saturated carbocycles. The van der Waals surface area contributed by atoms with E-state index in [2.05, 4.69) is 24.3 Å². The molecule has 2 aromatic rings. The van der Waals surface area contributed by atoms with Gasteiger partial charge in [0.25, 0.3) is 0 Å². The highest BCUT2D eigenvalue weighted by Gasteiger charge is 2.25. The van der Waals surface area contributed by atoms with Gasteiger partial charge < -0.3 is 9.80 Å². The SMILES string of the molecule is CN1C(=O)Cc2cc(SSc3ccc4c(c3)CC(=O)N4C)ccc21. The van der Waals surface area contributed by atoms with Gasteiger partial charge in [-0.05, 0) is 47.5 Å². The molecule has 122 valence electrons. The standard InChI is InChI=1S/C18H16N2O2S2/c1-19-15-5-3-13(7-11(15)9-17(19)21)23-24-14-4-6-16-12(8-14)10-18(22)20(16)2/h3-8H,9-10H2,1-2H3. The molecule has 0 bridgehead atoms. The van der Waals surface area contributed by atoms with Crippen molar-refractivity contribution in [2.24, 2.45) is 0 Å². The molecule has 0 saturated heterocycles. The fourth-order valence-electron chi connectivity index (χ4n) is 3.09. The number of hydrogen-bond donors (Lipinski definition) is 0. The maximum Gasteiger partial charge on any atom is 0.231 e. The summed E-state index contributed by atoms with van der Waals surface area (Å²) in [7, 11) is 6.99. The second kappa shape index (κ2) is 5.86. The number of nitrogens with zero attached hydrogens (tertiary/aromatic N) is 2. The molecule has 0 atom stereocenters. The average molecular weight is 356 g/mol. The Morgan fingerprint density at radius 3 is 1.58 bits per heavy atom. The lowest BCUT2D eigenvalue weighted by atomic mass is 10.2. The zero-order valence-electron chi connectivity index (χ0n) is 13.4. The van der Waals surface area contributed by atoms with E-state index < -0.39 is 0 Å². The van der Waals surface area contributed by atoms with Gasteiger partial charge in [0.05, 0.1) is 12.8 Å². The van der Waals surface area contributed by atoms with Gasteiger partial charge in [0.1, 0.15) is 0 Å². The molecule has 2 aliphatic rings. The van der Waals surface area contributed by atoms with Gasteiger partial charge in [0.2, 0.25) is 11.8 Å². The lowest BCUT2D eigenvalue weighted by Crippen LogP contribution is -2.20. The number of fused-ring (bicyclic) bond motifs is 2. The van der Waals surface area contributed by atoms with E-state index in [9.17, 15) is 9.59 Å². The van der Waals surface area contributed by atoms with Crippen molar-refractivity contribution in [3.8, 4) is 0 Å². The average Bonchev–Trinajstić information content (AvgIpc) is 3.02. The van der Waals surface area contributed by atoms with E-state index in [0.29, 0.717) is 12.8 Å². The first-order valence-corrected chi connectivity index (χ1v) is 9.81. The van der Waals surface area contributed by atoms with Gasteiger partial charge in [-0.2, -0.15) is 0 Å². The topological polar surface area (TPSA) is 40.6 Å². The molecule has 0 N–H and O–H groups in total. The molecule has 0 spiro atoms. The molecule has 2 amide bonds. The molecule has 0 radical (unpaired) electrons. The first-order chi connectivity index (χ1) is 11.5. The first kappa shape index (κ1) is 15.6. The van der Waals surface area contributed by atoms with Gasteiger partial charge in [-0.1, -0.05) is 21.6 Å². The Bertz CT molecular complexity index is 795. The molecule has 4 nitrogen and oxygen atoms in total. The highest BCUT2D eigenvalue weighted by Crippen LogP contribution is 2.42. The van der Waals surface area contributed by atoms with Crippen molar-refractivity contribution in [1.29, 1.82) is 0 Å². The third-order valence-electron chi connectivity index (χ3n) is 4.49. The Hall–Kier alpha value is -1.92. The van der Waals surface area contributed by atoms with Gasteiger partial charge in [0, 0.05) is 35.3 Å². The van der Waals surface area contributed by atoms with E-state index in [-0.39, 0.29) is 11.8 Å². The summed E-state index contributed by atoms with van der Waals surface area (Å²) >= 11 is 0. The number of amides is 2. The Kier molecular flexibility index (Phi) is 3.81. The van der Waals surface area contributed by atoms with Crippen LogP contribution in [-0.4, -0.2) is 25.9 Å². The van der Waals surface area contributed by atoms with Crippen LogP contribution in [0.1, 0.15) is 11.1 Å². The van der Waals surface area contributed by atoms with Crippen LogP contribution in [0.2, 0.25) is 0 Å². The number of likely N-dealkylation sites (N-methyl/N-ethyl adjacent to an activating group) is 2. The van der Waals surface area contributed by atoms with Crippen LogP contribution in [0.4, 0.5) is 11.4 Å². The minimum atomic E-state index is 0.146. The summed E-state index contributed by atoms with van der Waals surface area (Å²) in [6, 6.07) is 12.3. The predicted molar refractivity (Wildman–Crippen MR) is 98.8 cm³/mol. The van der Waals surface area contributed by atoms with Crippen LogP contribution in [0.25, 0.3) is 0 Å². The van der Waals surface area contributed by atoms with Crippen LogP contribution in [0.5, 0.6) is 0 Å². The van der Waals surface area contributed by atoms with Gasteiger partial charge >= 0.3 is 0 Å². The van der Waals surface area contributed by atoms with Crippen LogP contribution in [0.15, 0.2) is 46.2 Å². The van der Waals surface area contributed by atoms with Crippen LogP contribution in [-0.2, 0) is 22.4 Å². The molecule has 2 heterocycles. The first-order valence-electron chi connectivity index (χ1n) is 7.66. The third-order valence-corrected chi connectivity index (χ3v) is 6.87. The monoisotopic (exact) mass is 356 g/mol. The summed E-state index contributed by atoms with van der Waals surface area (Å²) in [6.45, 7) is 0. The zero-order valence-corrected chi connectivity index (χ0v) is 15.0. The summed E-state index contributed by atoms with van der Waals surface area (Å²) in [6.07, 6.45) is 0.969. The highest BCUT2D eigenvalue weighted by molar-refractivity contribution is 8.76. The van der Waals surface area contributed by atoms with E-state index >= 15 is 0 Å². The summed E-state index contributed by atoms with van der Waals surface area (Å²) in [5.41, 5.74) is 4.20. The van der Waals surface area contributed by atoms with Crippen LogP contribution >= 0.6 is 21.6 Å². The van der Waals surface area contributed by atoms with Crippen molar-refractivity contribution in [3.05, 3.63) is 47.5 Å². The second-order valence-corrected chi connectivity index (χ2v) is 8.28. The zero-order chi connectivity index (χ0) is 16.8. The number of benzene rings is 2. The third kappa shape index (κ3) is 2.59. The Labute approximate surface area is 148 Å². The van der Waals surface area contributed by atoms with Gasteiger partial charge in [-0.25, -0.2) is 0 Å². The van der Waals surface area contributed by atoms with Crippen LogP contribution in [0, 0.1) is 0 Å². The molecular formula is C18H16N2O2S2.